The lowest BCUT2D eigenvalue weighted by atomic mass is 10.1. The Hall–Kier alpha value is -1.75. The van der Waals surface area contributed by atoms with Gasteiger partial charge in [0.05, 0.1) is 20.3 Å². The van der Waals surface area contributed by atoms with E-state index in [4.69, 9.17) is 9.47 Å². The van der Waals surface area contributed by atoms with Crippen LogP contribution in [0.1, 0.15) is 36.5 Å². The summed E-state index contributed by atoms with van der Waals surface area (Å²) >= 11 is 0. The molecule has 2 atom stereocenters. The Kier molecular flexibility index (Phi) is 5.07. The van der Waals surface area contributed by atoms with Crippen molar-refractivity contribution in [3.8, 4) is 11.5 Å². The minimum Gasteiger partial charge on any atom is -0.493 e. The Bertz CT molecular complexity index is 501. The number of benzene rings is 1. The minimum atomic E-state index is -0.395. The molecule has 0 saturated carbocycles. The van der Waals surface area contributed by atoms with Crippen LogP contribution in [0, 0.1) is 0 Å². The number of ether oxygens (including phenoxy) is 2. The topological polar surface area (TPSA) is 59.0 Å². The molecule has 1 aromatic rings. The molecule has 1 saturated heterocycles. The van der Waals surface area contributed by atoms with E-state index in [2.05, 4.69) is 0 Å². The largest absolute Gasteiger partial charge is 0.493 e. The number of likely N-dealkylation sites (tertiary alicyclic amines) is 1. The maximum atomic E-state index is 12.7. The smallest absolute Gasteiger partial charge is 0.254 e. The molecule has 0 radical (unpaired) electrons. The van der Waals surface area contributed by atoms with E-state index in [9.17, 15) is 9.90 Å². The molecule has 1 amide bonds. The molecule has 0 spiro atoms. The maximum Gasteiger partial charge on any atom is 0.254 e. The van der Waals surface area contributed by atoms with Crippen LogP contribution in [0.3, 0.4) is 0 Å². The first kappa shape index (κ1) is 15.6. The number of hydrogen-bond donors (Lipinski definition) is 1. The molecule has 21 heavy (non-hydrogen) atoms. The van der Waals surface area contributed by atoms with Crippen LogP contribution in [0.2, 0.25) is 0 Å². The molecule has 1 N–H and O–H groups in total. The summed E-state index contributed by atoms with van der Waals surface area (Å²) in [4.78, 5) is 14.5. The summed E-state index contributed by atoms with van der Waals surface area (Å²) in [5, 5.41) is 9.56. The molecule has 1 aliphatic heterocycles. The molecule has 1 fully saturated rings. The molecule has 5 nitrogen and oxygen atoms in total. The second kappa shape index (κ2) is 6.80. The van der Waals surface area contributed by atoms with Gasteiger partial charge in [-0.1, -0.05) is 0 Å². The van der Waals surface area contributed by atoms with Crippen molar-refractivity contribution >= 4 is 5.91 Å². The van der Waals surface area contributed by atoms with Crippen molar-refractivity contribution in [2.45, 2.75) is 38.3 Å². The predicted octanol–water partition coefficient (Wildman–Crippen LogP) is 2.08. The van der Waals surface area contributed by atoms with E-state index < -0.39 is 6.10 Å². The van der Waals surface area contributed by atoms with Gasteiger partial charge in [-0.2, -0.15) is 0 Å². The number of rotatable bonds is 5. The Morgan fingerprint density at radius 2 is 2.10 bits per heavy atom. The van der Waals surface area contributed by atoms with E-state index in [1.54, 1.807) is 39.3 Å². The van der Waals surface area contributed by atoms with Crippen molar-refractivity contribution < 1.29 is 19.4 Å². The van der Waals surface area contributed by atoms with Crippen LogP contribution in [-0.4, -0.2) is 48.8 Å². The highest BCUT2D eigenvalue weighted by Crippen LogP contribution is 2.30. The lowest BCUT2D eigenvalue weighted by Crippen LogP contribution is -2.37. The van der Waals surface area contributed by atoms with Crippen molar-refractivity contribution in [1.82, 2.24) is 4.90 Å². The molecule has 1 aromatic carbocycles. The summed E-state index contributed by atoms with van der Waals surface area (Å²) in [6.45, 7) is 2.50. The Morgan fingerprint density at radius 3 is 2.71 bits per heavy atom. The molecule has 0 aromatic heterocycles. The maximum absolute atomic E-state index is 12.7. The monoisotopic (exact) mass is 293 g/mol. The highest BCUT2D eigenvalue weighted by Gasteiger charge is 2.30. The van der Waals surface area contributed by atoms with E-state index in [1.165, 1.54) is 0 Å². The third-order valence-corrected chi connectivity index (χ3v) is 3.88. The second-order valence-corrected chi connectivity index (χ2v) is 5.45. The van der Waals surface area contributed by atoms with E-state index in [1.807, 2.05) is 4.90 Å². The zero-order chi connectivity index (χ0) is 15.4. The van der Waals surface area contributed by atoms with Crippen LogP contribution < -0.4 is 9.47 Å². The number of nitrogens with zero attached hydrogens (tertiary/aromatic N) is 1. The number of carbonyl (C=O) groups excluding carboxylic acids is 1. The first-order valence-corrected chi connectivity index (χ1v) is 7.28. The third kappa shape index (κ3) is 3.47. The summed E-state index contributed by atoms with van der Waals surface area (Å²) in [5.74, 6) is 1.14. The number of aliphatic hydroxyl groups is 1. The van der Waals surface area contributed by atoms with Gasteiger partial charge in [0.2, 0.25) is 0 Å². The van der Waals surface area contributed by atoms with Crippen molar-refractivity contribution in [2.75, 3.05) is 20.8 Å². The van der Waals surface area contributed by atoms with Crippen LogP contribution in [0.5, 0.6) is 11.5 Å². The lowest BCUT2D eigenvalue weighted by Gasteiger charge is -2.26. The van der Waals surface area contributed by atoms with Gasteiger partial charge in [-0.3, -0.25) is 4.79 Å². The number of amides is 1. The average Bonchev–Trinajstić information content (AvgIpc) is 2.92. The van der Waals surface area contributed by atoms with Crippen molar-refractivity contribution in [1.29, 1.82) is 0 Å². The fourth-order valence-electron chi connectivity index (χ4n) is 2.88. The van der Waals surface area contributed by atoms with Crippen LogP contribution in [0.25, 0.3) is 0 Å². The summed E-state index contributed by atoms with van der Waals surface area (Å²) in [6.07, 6.45) is 2.16. The number of hydrogen-bond acceptors (Lipinski definition) is 4. The number of methoxy groups -OCH3 is 2. The Labute approximate surface area is 125 Å². The molecule has 2 unspecified atom stereocenters. The normalized spacial score (nSPS) is 19.4. The van der Waals surface area contributed by atoms with Gasteiger partial charge < -0.3 is 19.5 Å². The first-order chi connectivity index (χ1) is 10.1. The highest BCUT2D eigenvalue weighted by atomic mass is 16.5. The average molecular weight is 293 g/mol. The van der Waals surface area contributed by atoms with Crippen LogP contribution in [-0.2, 0) is 0 Å². The Balaban J connectivity index is 2.19. The first-order valence-electron chi connectivity index (χ1n) is 7.28. The molecule has 1 heterocycles. The molecular weight excluding hydrogens is 270 g/mol. The molecule has 2 rings (SSSR count). The van der Waals surface area contributed by atoms with E-state index in [0.717, 1.165) is 19.4 Å². The van der Waals surface area contributed by atoms with Crippen molar-refractivity contribution in [2.24, 2.45) is 0 Å². The fraction of sp³-hybridized carbons (Fsp3) is 0.562. The summed E-state index contributed by atoms with van der Waals surface area (Å²) in [5.41, 5.74) is 0.588. The van der Waals surface area contributed by atoms with Crippen molar-refractivity contribution in [3.05, 3.63) is 23.8 Å². The SMILES string of the molecule is COc1ccc(C(=O)N2CCCC2CC(C)O)cc1OC. The quantitative estimate of drug-likeness (QED) is 0.903. The molecule has 0 bridgehead atoms. The Morgan fingerprint density at radius 1 is 1.38 bits per heavy atom. The van der Waals surface area contributed by atoms with Gasteiger partial charge in [-0.15, -0.1) is 0 Å². The zero-order valence-corrected chi connectivity index (χ0v) is 12.8. The van der Waals surface area contributed by atoms with Crippen LogP contribution in [0.4, 0.5) is 0 Å². The van der Waals surface area contributed by atoms with Crippen molar-refractivity contribution in [3.63, 3.8) is 0 Å². The van der Waals surface area contributed by atoms with Gasteiger partial charge in [-0.25, -0.2) is 0 Å². The lowest BCUT2D eigenvalue weighted by molar-refractivity contribution is 0.0681. The van der Waals surface area contributed by atoms with E-state index in [0.29, 0.717) is 23.5 Å². The standard InChI is InChI=1S/C16H23NO4/c1-11(18)9-13-5-4-8-17(13)16(19)12-6-7-14(20-2)15(10-12)21-3/h6-7,10-11,13,18H,4-5,8-9H2,1-3H3. The highest BCUT2D eigenvalue weighted by molar-refractivity contribution is 5.95. The van der Waals surface area contributed by atoms with Gasteiger partial charge in [-0.05, 0) is 44.4 Å². The molecule has 0 aliphatic carbocycles. The summed E-state index contributed by atoms with van der Waals surface area (Å²) < 4.78 is 10.4. The minimum absolute atomic E-state index is 0.0147. The van der Waals surface area contributed by atoms with Crippen LogP contribution >= 0.6 is 0 Å². The molecule has 5 heteroatoms. The van der Waals surface area contributed by atoms with E-state index in [-0.39, 0.29) is 11.9 Å². The summed E-state index contributed by atoms with van der Waals surface area (Å²) in [6, 6.07) is 5.32. The van der Waals surface area contributed by atoms with Gasteiger partial charge in [0.15, 0.2) is 11.5 Å². The van der Waals surface area contributed by atoms with Crippen LogP contribution in [0.15, 0.2) is 18.2 Å². The second-order valence-electron chi connectivity index (χ2n) is 5.45. The third-order valence-electron chi connectivity index (χ3n) is 3.88. The number of carbonyl (C=O) groups is 1. The van der Waals surface area contributed by atoms with E-state index >= 15 is 0 Å². The fourth-order valence-corrected chi connectivity index (χ4v) is 2.88. The molecule has 116 valence electrons. The predicted molar refractivity (Wildman–Crippen MR) is 79.9 cm³/mol. The zero-order valence-electron chi connectivity index (χ0n) is 12.8. The summed E-state index contributed by atoms with van der Waals surface area (Å²) in [7, 11) is 3.12. The van der Waals surface area contributed by atoms with Gasteiger partial charge in [0.1, 0.15) is 0 Å². The van der Waals surface area contributed by atoms with Gasteiger partial charge >= 0.3 is 0 Å². The number of aliphatic hydroxyl groups excluding tert-OH is 1. The van der Waals surface area contributed by atoms with Gasteiger partial charge in [0.25, 0.3) is 5.91 Å². The van der Waals surface area contributed by atoms with Gasteiger partial charge in [0, 0.05) is 18.2 Å². The molecule has 1 aliphatic rings. The molecular formula is C16H23NO4.